The fourth-order valence-corrected chi connectivity index (χ4v) is 2.34. The van der Waals surface area contributed by atoms with Crippen LogP contribution in [0.5, 0.6) is 0 Å². The molecule has 0 saturated heterocycles. The van der Waals surface area contributed by atoms with E-state index in [9.17, 15) is 4.39 Å². The standard InChI is InChI=1S/C13H10Cl3FN2/c14-9-5-4-7(6-10(9)15)13(19-18)8-2-1-3-11(17)12(8)16/h1-6,13,19H,18H2. The lowest BCUT2D eigenvalue weighted by Gasteiger charge is -2.19. The van der Waals surface area contributed by atoms with Crippen LogP contribution in [0.25, 0.3) is 0 Å². The molecule has 0 heterocycles. The van der Waals surface area contributed by atoms with E-state index in [1.54, 1.807) is 30.3 Å². The van der Waals surface area contributed by atoms with E-state index < -0.39 is 11.9 Å². The highest BCUT2D eigenvalue weighted by molar-refractivity contribution is 6.42. The second-order valence-electron chi connectivity index (χ2n) is 3.92. The Balaban J connectivity index is 2.50. The average Bonchev–Trinajstić information content (AvgIpc) is 2.39. The minimum Gasteiger partial charge on any atom is -0.271 e. The van der Waals surface area contributed by atoms with Gasteiger partial charge in [0, 0.05) is 0 Å². The number of rotatable bonds is 3. The van der Waals surface area contributed by atoms with E-state index in [2.05, 4.69) is 5.43 Å². The van der Waals surface area contributed by atoms with E-state index in [4.69, 9.17) is 40.6 Å². The Hall–Kier alpha value is -0.840. The van der Waals surface area contributed by atoms with Crippen LogP contribution in [-0.2, 0) is 0 Å². The molecule has 19 heavy (non-hydrogen) atoms. The first-order valence-corrected chi connectivity index (χ1v) is 6.53. The summed E-state index contributed by atoms with van der Waals surface area (Å²) in [5.41, 5.74) is 3.87. The van der Waals surface area contributed by atoms with E-state index in [0.717, 1.165) is 5.56 Å². The third-order valence-corrected chi connectivity index (χ3v) is 3.87. The van der Waals surface area contributed by atoms with Gasteiger partial charge in [-0.1, -0.05) is 53.0 Å². The van der Waals surface area contributed by atoms with Gasteiger partial charge in [0.1, 0.15) is 5.82 Å². The second kappa shape index (κ2) is 6.07. The van der Waals surface area contributed by atoms with Crippen molar-refractivity contribution in [3.8, 4) is 0 Å². The fraction of sp³-hybridized carbons (Fsp3) is 0.0769. The van der Waals surface area contributed by atoms with E-state index in [0.29, 0.717) is 15.6 Å². The van der Waals surface area contributed by atoms with Gasteiger partial charge in [-0.2, -0.15) is 0 Å². The first-order chi connectivity index (χ1) is 9.04. The number of halogens is 4. The number of nitrogens with two attached hydrogens (primary N) is 1. The van der Waals surface area contributed by atoms with Crippen LogP contribution in [0.1, 0.15) is 17.2 Å². The molecule has 0 aliphatic heterocycles. The third kappa shape index (κ3) is 3.02. The van der Waals surface area contributed by atoms with Gasteiger partial charge in [0.15, 0.2) is 0 Å². The topological polar surface area (TPSA) is 38.0 Å². The molecule has 0 bridgehead atoms. The molecule has 0 spiro atoms. The summed E-state index contributed by atoms with van der Waals surface area (Å²) in [7, 11) is 0. The minimum atomic E-state index is -0.500. The van der Waals surface area contributed by atoms with Crippen molar-refractivity contribution in [2.45, 2.75) is 6.04 Å². The van der Waals surface area contributed by atoms with E-state index in [1.807, 2.05) is 0 Å². The first-order valence-electron chi connectivity index (χ1n) is 5.39. The highest BCUT2D eigenvalue weighted by Gasteiger charge is 2.18. The van der Waals surface area contributed by atoms with Crippen LogP contribution < -0.4 is 11.3 Å². The van der Waals surface area contributed by atoms with Gasteiger partial charge >= 0.3 is 0 Å². The molecule has 0 amide bonds. The maximum absolute atomic E-state index is 13.5. The molecule has 0 aromatic heterocycles. The van der Waals surface area contributed by atoms with E-state index in [-0.39, 0.29) is 5.02 Å². The molecule has 0 fully saturated rings. The summed E-state index contributed by atoms with van der Waals surface area (Å²) in [6, 6.07) is 9.13. The molecular weight excluding hydrogens is 310 g/mol. The molecule has 0 aliphatic rings. The summed E-state index contributed by atoms with van der Waals surface area (Å²) >= 11 is 17.8. The molecule has 0 aliphatic carbocycles. The molecule has 100 valence electrons. The van der Waals surface area contributed by atoms with Gasteiger partial charge in [-0.3, -0.25) is 5.84 Å². The third-order valence-electron chi connectivity index (χ3n) is 2.74. The van der Waals surface area contributed by atoms with Gasteiger partial charge in [-0.05, 0) is 29.3 Å². The molecule has 2 aromatic carbocycles. The van der Waals surface area contributed by atoms with Crippen molar-refractivity contribution < 1.29 is 4.39 Å². The quantitative estimate of drug-likeness (QED) is 0.652. The Morgan fingerprint density at radius 2 is 1.79 bits per heavy atom. The zero-order valence-corrected chi connectivity index (χ0v) is 11.9. The zero-order valence-electron chi connectivity index (χ0n) is 9.63. The molecule has 1 unspecified atom stereocenters. The first kappa shape index (κ1) is 14.6. The Bertz CT molecular complexity index is 604. The van der Waals surface area contributed by atoms with Crippen molar-refractivity contribution in [2.24, 2.45) is 5.84 Å². The van der Waals surface area contributed by atoms with Crippen LogP contribution in [0.2, 0.25) is 15.1 Å². The zero-order chi connectivity index (χ0) is 14.0. The van der Waals surface area contributed by atoms with Crippen molar-refractivity contribution in [3.05, 3.63) is 68.4 Å². The summed E-state index contributed by atoms with van der Waals surface area (Å²) in [5, 5.41) is 0.856. The molecule has 0 saturated carbocycles. The van der Waals surface area contributed by atoms with Gasteiger partial charge in [0.2, 0.25) is 0 Å². The molecule has 2 nitrogen and oxygen atoms in total. The molecule has 1 atom stereocenters. The van der Waals surface area contributed by atoms with E-state index in [1.165, 1.54) is 6.07 Å². The number of benzene rings is 2. The van der Waals surface area contributed by atoms with Crippen LogP contribution in [0.15, 0.2) is 36.4 Å². The van der Waals surface area contributed by atoms with Crippen LogP contribution in [0.3, 0.4) is 0 Å². The Labute approximate surface area is 125 Å². The van der Waals surface area contributed by atoms with E-state index >= 15 is 0 Å². The highest BCUT2D eigenvalue weighted by atomic mass is 35.5. The van der Waals surface area contributed by atoms with Crippen LogP contribution in [-0.4, -0.2) is 0 Å². The Morgan fingerprint density at radius 1 is 1.05 bits per heavy atom. The Morgan fingerprint density at radius 3 is 2.42 bits per heavy atom. The normalized spacial score (nSPS) is 12.5. The van der Waals surface area contributed by atoms with Crippen LogP contribution >= 0.6 is 34.8 Å². The van der Waals surface area contributed by atoms with Crippen LogP contribution in [0, 0.1) is 5.82 Å². The largest absolute Gasteiger partial charge is 0.271 e. The lowest BCUT2D eigenvalue weighted by Crippen LogP contribution is -2.29. The second-order valence-corrected chi connectivity index (χ2v) is 5.11. The number of hydrazine groups is 1. The lowest BCUT2D eigenvalue weighted by molar-refractivity contribution is 0.606. The average molecular weight is 320 g/mol. The predicted octanol–water partition coefficient (Wildman–Crippen LogP) is 4.34. The van der Waals surface area contributed by atoms with Gasteiger partial charge in [-0.25, -0.2) is 9.82 Å². The highest BCUT2D eigenvalue weighted by Crippen LogP contribution is 2.32. The molecule has 2 rings (SSSR count). The molecule has 2 aromatic rings. The minimum absolute atomic E-state index is 0.0246. The van der Waals surface area contributed by atoms with Crippen LogP contribution in [0.4, 0.5) is 4.39 Å². The van der Waals surface area contributed by atoms with Crippen molar-refractivity contribution >= 4 is 34.8 Å². The molecule has 3 N–H and O–H groups in total. The van der Waals surface area contributed by atoms with Gasteiger partial charge in [0.25, 0.3) is 0 Å². The smallest absolute Gasteiger partial charge is 0.142 e. The predicted molar refractivity (Wildman–Crippen MR) is 77.0 cm³/mol. The van der Waals surface area contributed by atoms with Crippen molar-refractivity contribution in [3.63, 3.8) is 0 Å². The fourth-order valence-electron chi connectivity index (χ4n) is 1.80. The van der Waals surface area contributed by atoms with Gasteiger partial charge in [0.05, 0.1) is 21.1 Å². The maximum atomic E-state index is 13.5. The van der Waals surface area contributed by atoms with Crippen molar-refractivity contribution in [2.75, 3.05) is 0 Å². The molecular formula is C13H10Cl3FN2. The summed E-state index contributed by atoms with van der Waals surface area (Å²) < 4.78 is 13.5. The maximum Gasteiger partial charge on any atom is 0.142 e. The summed E-state index contributed by atoms with van der Waals surface area (Å²) in [4.78, 5) is 0. The SMILES string of the molecule is NNC(c1ccc(Cl)c(Cl)c1)c1cccc(F)c1Cl. The molecule has 6 heteroatoms. The number of nitrogens with one attached hydrogen (secondary N) is 1. The monoisotopic (exact) mass is 318 g/mol. The van der Waals surface area contributed by atoms with Crippen molar-refractivity contribution in [1.82, 2.24) is 5.43 Å². The summed E-state index contributed by atoms with van der Waals surface area (Å²) in [6.07, 6.45) is 0. The van der Waals surface area contributed by atoms with Gasteiger partial charge < -0.3 is 0 Å². The molecule has 0 radical (unpaired) electrons. The number of hydrogen-bond acceptors (Lipinski definition) is 2. The van der Waals surface area contributed by atoms with Crippen molar-refractivity contribution in [1.29, 1.82) is 0 Å². The number of hydrogen-bond donors (Lipinski definition) is 2. The summed E-state index contributed by atoms with van der Waals surface area (Å²) in [6.45, 7) is 0. The van der Waals surface area contributed by atoms with Gasteiger partial charge in [-0.15, -0.1) is 0 Å². The summed E-state index contributed by atoms with van der Waals surface area (Å²) in [5.74, 6) is 5.04. The Kier molecular flexibility index (Phi) is 4.66. The lowest BCUT2D eigenvalue weighted by atomic mass is 9.99.